The largest absolute Gasteiger partial charge is 0.490 e. The number of nitrogens with one attached hydrogen (secondary N) is 1. The summed E-state index contributed by atoms with van der Waals surface area (Å²) in [6.07, 6.45) is 6.72. The second-order valence-corrected chi connectivity index (χ2v) is 8.83. The molecule has 0 fully saturated rings. The molecule has 5 rings (SSSR count). The smallest absolute Gasteiger partial charge is 0.259 e. The van der Waals surface area contributed by atoms with Gasteiger partial charge in [0.25, 0.3) is 5.91 Å². The van der Waals surface area contributed by atoms with Crippen LogP contribution >= 0.6 is 0 Å². The highest BCUT2D eigenvalue weighted by molar-refractivity contribution is 6.06. The molecule has 0 radical (unpaired) electrons. The van der Waals surface area contributed by atoms with Crippen LogP contribution in [0.3, 0.4) is 0 Å². The molecule has 178 valence electrons. The number of para-hydroxylation sites is 4. The van der Waals surface area contributed by atoms with E-state index in [2.05, 4.69) is 22.0 Å². The molecule has 0 spiro atoms. The summed E-state index contributed by atoms with van der Waals surface area (Å²) in [5.41, 5.74) is 3.09. The van der Waals surface area contributed by atoms with Gasteiger partial charge in [-0.2, -0.15) is 0 Å². The number of rotatable bonds is 8. The number of aromatic nitrogens is 2. The number of imidazole rings is 1. The van der Waals surface area contributed by atoms with Crippen LogP contribution in [0.5, 0.6) is 5.75 Å². The van der Waals surface area contributed by atoms with Crippen molar-refractivity contribution < 1.29 is 14.6 Å². The number of allylic oxidation sites excluding steroid dienone is 2. The Kier molecular flexibility index (Phi) is 6.91. The number of hydrogen-bond donors (Lipinski definition) is 2. The number of nitrogens with zero attached hydrogens (tertiary/aromatic N) is 2. The van der Waals surface area contributed by atoms with Crippen LogP contribution in [0.25, 0.3) is 11.0 Å². The molecule has 0 bridgehead atoms. The van der Waals surface area contributed by atoms with Gasteiger partial charge in [0.1, 0.15) is 24.3 Å². The van der Waals surface area contributed by atoms with Crippen molar-refractivity contribution in [2.75, 3.05) is 11.9 Å². The van der Waals surface area contributed by atoms with Crippen LogP contribution in [0.15, 0.2) is 91.0 Å². The Morgan fingerprint density at radius 2 is 1.80 bits per heavy atom. The van der Waals surface area contributed by atoms with E-state index in [1.807, 2.05) is 60.7 Å². The fourth-order valence-electron chi connectivity index (χ4n) is 4.58. The van der Waals surface area contributed by atoms with E-state index in [1.165, 1.54) is 0 Å². The van der Waals surface area contributed by atoms with Crippen LogP contribution in [0.4, 0.5) is 5.69 Å². The molecule has 6 heteroatoms. The molecule has 2 atom stereocenters. The number of benzene rings is 3. The van der Waals surface area contributed by atoms with Crippen LogP contribution < -0.4 is 10.1 Å². The Morgan fingerprint density at radius 1 is 1.03 bits per heavy atom. The molecule has 6 nitrogen and oxygen atoms in total. The molecular weight excluding hydrogens is 438 g/mol. The first-order valence-corrected chi connectivity index (χ1v) is 12.1. The van der Waals surface area contributed by atoms with Gasteiger partial charge in [0.05, 0.1) is 23.1 Å². The first kappa shape index (κ1) is 22.9. The maximum atomic E-state index is 12.8. The van der Waals surface area contributed by atoms with Crippen LogP contribution in [-0.2, 0) is 6.54 Å². The lowest BCUT2D eigenvalue weighted by molar-refractivity contribution is 0.0898. The molecule has 0 aliphatic heterocycles. The number of aliphatic hydroxyl groups is 1. The van der Waals surface area contributed by atoms with Crippen LogP contribution in [-0.4, -0.2) is 33.3 Å². The summed E-state index contributed by atoms with van der Waals surface area (Å²) >= 11 is 0. The van der Waals surface area contributed by atoms with Crippen molar-refractivity contribution in [3.63, 3.8) is 0 Å². The van der Waals surface area contributed by atoms with Gasteiger partial charge >= 0.3 is 0 Å². The van der Waals surface area contributed by atoms with Crippen LogP contribution in [0.2, 0.25) is 0 Å². The van der Waals surface area contributed by atoms with Gasteiger partial charge in [0.2, 0.25) is 0 Å². The summed E-state index contributed by atoms with van der Waals surface area (Å²) in [4.78, 5) is 17.7. The lowest BCUT2D eigenvalue weighted by Gasteiger charge is -2.21. The van der Waals surface area contributed by atoms with Crippen LogP contribution in [0, 0.1) is 0 Å². The second kappa shape index (κ2) is 10.6. The highest BCUT2D eigenvalue weighted by Gasteiger charge is 2.22. The molecule has 3 aromatic carbocycles. The predicted molar refractivity (Wildman–Crippen MR) is 138 cm³/mol. The van der Waals surface area contributed by atoms with Crippen molar-refractivity contribution in [1.29, 1.82) is 0 Å². The predicted octanol–water partition coefficient (Wildman–Crippen LogP) is 5.55. The summed E-state index contributed by atoms with van der Waals surface area (Å²) in [6, 6.07) is 24.4. The zero-order chi connectivity index (χ0) is 24.0. The lowest BCUT2D eigenvalue weighted by atomic mass is 9.93. The maximum Gasteiger partial charge on any atom is 0.259 e. The van der Waals surface area contributed by atoms with Gasteiger partial charge in [-0.3, -0.25) is 4.79 Å². The van der Waals surface area contributed by atoms with E-state index in [9.17, 15) is 9.90 Å². The Morgan fingerprint density at radius 3 is 2.63 bits per heavy atom. The SMILES string of the molecule is O=C(Nc1ccccc1)c1ccccc1OC[C@H](O)Cn1c([C@@H]2CC=CCC2)nc2ccccc21. The summed E-state index contributed by atoms with van der Waals surface area (Å²) in [7, 11) is 0. The quantitative estimate of drug-likeness (QED) is 0.333. The Bertz CT molecular complexity index is 1330. The van der Waals surface area contributed by atoms with Crippen molar-refractivity contribution in [1.82, 2.24) is 9.55 Å². The van der Waals surface area contributed by atoms with Gasteiger partial charge in [-0.15, -0.1) is 0 Å². The number of carbonyl (C=O) groups is 1. The highest BCUT2D eigenvalue weighted by Crippen LogP contribution is 2.31. The van der Waals surface area contributed by atoms with E-state index < -0.39 is 6.10 Å². The van der Waals surface area contributed by atoms with E-state index >= 15 is 0 Å². The average Bonchev–Trinajstić information content (AvgIpc) is 3.27. The minimum Gasteiger partial charge on any atom is -0.490 e. The number of carbonyl (C=O) groups excluding carboxylic acids is 1. The summed E-state index contributed by atoms with van der Waals surface area (Å²) in [6.45, 7) is 0.431. The molecule has 1 heterocycles. The lowest BCUT2D eigenvalue weighted by Crippen LogP contribution is -2.26. The first-order chi connectivity index (χ1) is 17.2. The number of anilines is 1. The topological polar surface area (TPSA) is 76.4 Å². The number of fused-ring (bicyclic) bond motifs is 1. The van der Waals surface area contributed by atoms with Gasteiger partial charge in [0, 0.05) is 11.6 Å². The van der Waals surface area contributed by atoms with E-state index in [0.29, 0.717) is 29.5 Å². The number of aliphatic hydroxyl groups excluding tert-OH is 1. The van der Waals surface area contributed by atoms with Crippen molar-refractivity contribution in [3.8, 4) is 5.75 Å². The van der Waals surface area contributed by atoms with Crippen molar-refractivity contribution in [2.24, 2.45) is 0 Å². The van der Waals surface area contributed by atoms with Gasteiger partial charge in [-0.1, -0.05) is 54.6 Å². The molecule has 0 unspecified atom stereocenters. The third kappa shape index (κ3) is 5.28. The van der Waals surface area contributed by atoms with Gasteiger partial charge in [0.15, 0.2) is 0 Å². The van der Waals surface area contributed by atoms with Crippen LogP contribution in [0.1, 0.15) is 41.4 Å². The Hall–Kier alpha value is -3.90. The summed E-state index contributed by atoms with van der Waals surface area (Å²) < 4.78 is 8.07. The number of amides is 1. The standard InChI is InChI=1S/C29H29N3O3/c33-23(19-32-26-17-9-8-16-25(26)31-28(32)21-11-3-1-4-12-21)20-35-27-18-10-7-15-24(27)29(34)30-22-13-5-2-6-14-22/h1-3,5-10,13-18,21,23,33H,4,11-12,19-20H2,(H,30,34)/t21-,23-/m1/s1. The Labute approximate surface area is 204 Å². The molecule has 4 aromatic rings. The second-order valence-electron chi connectivity index (χ2n) is 8.83. The molecule has 1 aliphatic rings. The average molecular weight is 468 g/mol. The fraction of sp³-hybridized carbons (Fsp3) is 0.241. The fourth-order valence-corrected chi connectivity index (χ4v) is 4.58. The maximum absolute atomic E-state index is 12.8. The van der Waals surface area contributed by atoms with Crippen molar-refractivity contribution in [2.45, 2.75) is 37.8 Å². The van der Waals surface area contributed by atoms with E-state index in [1.54, 1.807) is 18.2 Å². The number of hydrogen-bond acceptors (Lipinski definition) is 4. The third-order valence-corrected chi connectivity index (χ3v) is 6.31. The summed E-state index contributed by atoms with van der Waals surface area (Å²) in [5, 5.41) is 13.8. The zero-order valence-corrected chi connectivity index (χ0v) is 19.5. The molecule has 1 amide bonds. The monoisotopic (exact) mass is 467 g/mol. The molecule has 0 saturated carbocycles. The third-order valence-electron chi connectivity index (χ3n) is 6.31. The first-order valence-electron chi connectivity index (χ1n) is 12.1. The molecular formula is C29H29N3O3. The van der Waals surface area contributed by atoms with Crippen molar-refractivity contribution in [3.05, 3.63) is 102 Å². The molecule has 1 aromatic heterocycles. The van der Waals surface area contributed by atoms with E-state index in [4.69, 9.17) is 9.72 Å². The van der Waals surface area contributed by atoms with Gasteiger partial charge in [-0.05, 0) is 55.7 Å². The minimum atomic E-state index is -0.768. The molecule has 35 heavy (non-hydrogen) atoms. The highest BCUT2D eigenvalue weighted by atomic mass is 16.5. The molecule has 0 saturated heterocycles. The number of ether oxygens (including phenoxy) is 1. The molecule has 2 N–H and O–H groups in total. The summed E-state index contributed by atoms with van der Waals surface area (Å²) in [5.74, 6) is 1.53. The minimum absolute atomic E-state index is 0.0617. The van der Waals surface area contributed by atoms with E-state index in [-0.39, 0.29) is 12.5 Å². The molecule has 1 aliphatic carbocycles. The van der Waals surface area contributed by atoms with Crippen molar-refractivity contribution >= 4 is 22.6 Å². The zero-order valence-electron chi connectivity index (χ0n) is 19.5. The van der Waals surface area contributed by atoms with Gasteiger partial charge in [-0.25, -0.2) is 4.98 Å². The van der Waals surface area contributed by atoms with Gasteiger partial charge < -0.3 is 19.7 Å². The normalized spacial score (nSPS) is 16.2. The Balaban J connectivity index is 1.30. The van der Waals surface area contributed by atoms with E-state index in [0.717, 1.165) is 36.1 Å².